The highest BCUT2D eigenvalue weighted by atomic mass is 16.3. The summed E-state index contributed by atoms with van der Waals surface area (Å²) in [6.45, 7) is 6.42. The minimum Gasteiger partial charge on any atom is -0.383 e. The van der Waals surface area contributed by atoms with Crippen LogP contribution < -0.4 is 5.32 Å². The first-order chi connectivity index (χ1) is 9.31. The number of hydrogen-bond acceptors (Lipinski definition) is 2. The van der Waals surface area contributed by atoms with Gasteiger partial charge in [0.05, 0.1) is 6.54 Å². The van der Waals surface area contributed by atoms with Crippen molar-refractivity contribution in [3.8, 4) is 0 Å². The van der Waals surface area contributed by atoms with Crippen molar-refractivity contribution in [3.63, 3.8) is 0 Å². The van der Waals surface area contributed by atoms with E-state index in [2.05, 4.69) is 5.32 Å². The monoisotopic (exact) mass is 275 g/mol. The number of carbonyl (C=O) groups is 1. The van der Waals surface area contributed by atoms with Gasteiger partial charge in [0.15, 0.2) is 0 Å². The molecule has 1 saturated carbocycles. The van der Waals surface area contributed by atoms with E-state index in [0.717, 1.165) is 18.4 Å². The average molecular weight is 275 g/mol. The normalized spacial score (nSPS) is 18.4. The minimum absolute atomic E-state index is 0.00695. The van der Waals surface area contributed by atoms with Crippen LogP contribution in [0.2, 0.25) is 0 Å². The molecular weight excluding hydrogens is 250 g/mol. The zero-order valence-corrected chi connectivity index (χ0v) is 12.6. The molecule has 1 amide bonds. The van der Waals surface area contributed by atoms with Crippen molar-refractivity contribution < 1.29 is 9.90 Å². The Hall–Kier alpha value is -1.35. The highest BCUT2D eigenvalue weighted by Gasteiger charge is 2.45. The third-order valence-electron chi connectivity index (χ3n) is 3.77. The largest absolute Gasteiger partial charge is 0.383 e. The van der Waals surface area contributed by atoms with E-state index in [1.807, 2.05) is 51.1 Å². The molecule has 1 aromatic carbocycles. The lowest BCUT2D eigenvalue weighted by Gasteiger charge is -2.30. The van der Waals surface area contributed by atoms with Crippen LogP contribution in [0.3, 0.4) is 0 Å². The maximum absolute atomic E-state index is 12.0. The summed E-state index contributed by atoms with van der Waals surface area (Å²) in [6.07, 6.45) is 2.53. The van der Waals surface area contributed by atoms with E-state index in [0.29, 0.717) is 13.0 Å². The second-order valence-corrected chi connectivity index (χ2v) is 7.08. The highest BCUT2D eigenvalue weighted by molar-refractivity contribution is 5.76. The molecule has 2 N–H and O–H groups in total. The fraction of sp³-hybridized carbons (Fsp3) is 0.588. The Labute approximate surface area is 121 Å². The molecule has 3 nitrogen and oxygen atoms in total. The molecule has 1 unspecified atom stereocenters. The summed E-state index contributed by atoms with van der Waals surface area (Å²) in [7, 11) is 0. The van der Waals surface area contributed by atoms with Crippen LogP contribution in [-0.4, -0.2) is 17.6 Å². The van der Waals surface area contributed by atoms with Gasteiger partial charge in [-0.15, -0.1) is 0 Å². The number of amides is 1. The molecule has 1 aliphatic carbocycles. The Kier molecular flexibility index (Phi) is 4.19. The SMILES string of the molecule is CC(C)(C)CC(=O)NCC(O)(c1ccccc1)C1CC1. The van der Waals surface area contributed by atoms with Crippen LogP contribution in [0, 0.1) is 11.3 Å². The average Bonchev–Trinajstić information content (AvgIpc) is 3.19. The van der Waals surface area contributed by atoms with Gasteiger partial charge in [-0.2, -0.15) is 0 Å². The molecule has 0 spiro atoms. The van der Waals surface area contributed by atoms with Gasteiger partial charge in [0.1, 0.15) is 5.60 Å². The van der Waals surface area contributed by atoms with Crippen molar-refractivity contribution in [2.24, 2.45) is 11.3 Å². The Balaban J connectivity index is 2.02. The van der Waals surface area contributed by atoms with Gasteiger partial charge in [-0.05, 0) is 29.7 Å². The van der Waals surface area contributed by atoms with Crippen LogP contribution in [0.1, 0.15) is 45.6 Å². The summed E-state index contributed by atoms with van der Waals surface area (Å²) in [5.74, 6) is 0.271. The molecule has 1 aliphatic rings. The van der Waals surface area contributed by atoms with E-state index in [-0.39, 0.29) is 17.2 Å². The van der Waals surface area contributed by atoms with Crippen molar-refractivity contribution in [1.82, 2.24) is 5.32 Å². The number of benzene rings is 1. The van der Waals surface area contributed by atoms with Gasteiger partial charge in [-0.25, -0.2) is 0 Å². The molecule has 1 aromatic rings. The lowest BCUT2D eigenvalue weighted by Crippen LogP contribution is -2.43. The van der Waals surface area contributed by atoms with Gasteiger partial charge in [0.25, 0.3) is 0 Å². The van der Waals surface area contributed by atoms with Crippen LogP contribution in [0.5, 0.6) is 0 Å². The van der Waals surface area contributed by atoms with Crippen molar-refractivity contribution in [1.29, 1.82) is 0 Å². The molecule has 0 saturated heterocycles. The molecule has 0 heterocycles. The van der Waals surface area contributed by atoms with Crippen LogP contribution >= 0.6 is 0 Å². The second kappa shape index (κ2) is 5.57. The number of aliphatic hydroxyl groups is 1. The molecule has 1 atom stereocenters. The van der Waals surface area contributed by atoms with E-state index < -0.39 is 5.60 Å². The van der Waals surface area contributed by atoms with Crippen LogP contribution in [-0.2, 0) is 10.4 Å². The first-order valence-electron chi connectivity index (χ1n) is 7.36. The summed E-state index contributed by atoms with van der Waals surface area (Å²) in [4.78, 5) is 12.0. The van der Waals surface area contributed by atoms with Gasteiger partial charge < -0.3 is 10.4 Å². The molecule has 0 radical (unpaired) electrons. The van der Waals surface area contributed by atoms with Crippen molar-refractivity contribution >= 4 is 5.91 Å². The van der Waals surface area contributed by atoms with E-state index in [9.17, 15) is 9.90 Å². The van der Waals surface area contributed by atoms with Crippen molar-refractivity contribution in [2.75, 3.05) is 6.54 Å². The third kappa shape index (κ3) is 3.83. The Bertz CT molecular complexity index is 460. The van der Waals surface area contributed by atoms with Crippen LogP contribution in [0.15, 0.2) is 30.3 Å². The van der Waals surface area contributed by atoms with Gasteiger partial charge >= 0.3 is 0 Å². The smallest absolute Gasteiger partial charge is 0.220 e. The zero-order chi connectivity index (χ0) is 14.8. The fourth-order valence-corrected chi connectivity index (χ4v) is 2.55. The highest BCUT2D eigenvalue weighted by Crippen LogP contribution is 2.45. The van der Waals surface area contributed by atoms with Crippen molar-refractivity contribution in [3.05, 3.63) is 35.9 Å². The van der Waals surface area contributed by atoms with Gasteiger partial charge in [0, 0.05) is 6.42 Å². The summed E-state index contributed by atoms with van der Waals surface area (Å²) < 4.78 is 0. The number of nitrogens with one attached hydrogen (secondary N) is 1. The quantitative estimate of drug-likeness (QED) is 0.868. The van der Waals surface area contributed by atoms with Crippen LogP contribution in [0.25, 0.3) is 0 Å². The molecule has 110 valence electrons. The van der Waals surface area contributed by atoms with Crippen molar-refractivity contribution in [2.45, 2.75) is 45.6 Å². The maximum atomic E-state index is 12.0. The first kappa shape index (κ1) is 15.0. The van der Waals surface area contributed by atoms with E-state index in [1.54, 1.807) is 0 Å². The summed E-state index contributed by atoms with van der Waals surface area (Å²) in [5, 5.41) is 13.9. The standard InChI is InChI=1S/C17H25NO2/c1-16(2,3)11-15(19)18-12-17(20,14-9-10-14)13-7-5-4-6-8-13/h4-8,14,20H,9-12H2,1-3H3,(H,18,19). The first-order valence-corrected chi connectivity index (χ1v) is 7.36. The van der Waals surface area contributed by atoms with E-state index in [1.165, 1.54) is 0 Å². The van der Waals surface area contributed by atoms with Crippen LogP contribution in [0.4, 0.5) is 0 Å². The second-order valence-electron chi connectivity index (χ2n) is 7.08. The predicted molar refractivity (Wildman–Crippen MR) is 80.1 cm³/mol. The number of rotatable bonds is 5. The zero-order valence-electron chi connectivity index (χ0n) is 12.6. The summed E-state index contributed by atoms with van der Waals surface area (Å²) >= 11 is 0. The molecule has 20 heavy (non-hydrogen) atoms. The van der Waals surface area contributed by atoms with Gasteiger partial charge in [-0.1, -0.05) is 51.1 Å². The third-order valence-corrected chi connectivity index (χ3v) is 3.77. The molecule has 2 rings (SSSR count). The fourth-order valence-electron chi connectivity index (χ4n) is 2.55. The summed E-state index contributed by atoms with van der Waals surface area (Å²) in [6, 6.07) is 9.68. The number of hydrogen-bond donors (Lipinski definition) is 2. The molecule has 0 aliphatic heterocycles. The topological polar surface area (TPSA) is 49.3 Å². The Morgan fingerprint density at radius 1 is 1.25 bits per heavy atom. The Morgan fingerprint density at radius 2 is 1.85 bits per heavy atom. The number of carbonyl (C=O) groups excluding carboxylic acids is 1. The minimum atomic E-state index is -0.922. The van der Waals surface area contributed by atoms with E-state index in [4.69, 9.17) is 0 Å². The van der Waals surface area contributed by atoms with Gasteiger partial charge in [0.2, 0.25) is 5.91 Å². The molecule has 1 fully saturated rings. The molecule has 3 heteroatoms. The van der Waals surface area contributed by atoms with Gasteiger partial charge in [-0.3, -0.25) is 4.79 Å². The predicted octanol–water partition coefficient (Wildman–Crippen LogP) is 2.84. The van der Waals surface area contributed by atoms with E-state index >= 15 is 0 Å². The lowest BCUT2D eigenvalue weighted by atomic mass is 9.88. The maximum Gasteiger partial charge on any atom is 0.220 e. The molecule has 0 aromatic heterocycles. The Morgan fingerprint density at radius 3 is 2.35 bits per heavy atom. The molecular formula is C17H25NO2. The summed E-state index contributed by atoms with van der Waals surface area (Å²) in [5.41, 5.74) is -0.0536. The lowest BCUT2D eigenvalue weighted by molar-refractivity contribution is -0.124. The molecule has 0 bridgehead atoms.